The summed E-state index contributed by atoms with van der Waals surface area (Å²) in [5.74, 6) is 0.167. The zero-order valence-corrected chi connectivity index (χ0v) is 18.3. The summed E-state index contributed by atoms with van der Waals surface area (Å²) in [4.78, 5) is 10.2. The molecule has 0 atom stereocenters. The van der Waals surface area contributed by atoms with Gasteiger partial charge in [-0.3, -0.25) is 15.5 Å². The Labute approximate surface area is 180 Å². The Kier molecular flexibility index (Phi) is 7.78. The van der Waals surface area contributed by atoms with E-state index in [2.05, 4.69) is 10.5 Å². The average molecular weight is 452 g/mol. The lowest BCUT2D eigenvalue weighted by Crippen LogP contribution is -2.31. The monoisotopic (exact) mass is 452 g/mol. The summed E-state index contributed by atoms with van der Waals surface area (Å²) in [7, 11) is -1.22. The summed E-state index contributed by atoms with van der Waals surface area (Å²) in [5.41, 5.74) is 2.84. The molecule has 12 heteroatoms. The number of phenols is 1. The van der Waals surface area contributed by atoms with Crippen LogP contribution in [0.4, 0.5) is 11.4 Å². The van der Waals surface area contributed by atoms with E-state index in [0.29, 0.717) is 5.56 Å². The number of non-ortho nitro benzene ring substituents is 1. The fraction of sp³-hybridized carbons (Fsp3) is 0.316. The molecule has 2 aromatic rings. The molecule has 0 unspecified atom stereocenters. The van der Waals surface area contributed by atoms with Crippen LogP contribution in [0, 0.1) is 10.1 Å². The summed E-state index contributed by atoms with van der Waals surface area (Å²) in [6.45, 7) is 3.76. The molecule has 0 aliphatic carbocycles. The van der Waals surface area contributed by atoms with Crippen LogP contribution in [-0.2, 0) is 10.0 Å². The number of methoxy groups -OCH3 is 2. The van der Waals surface area contributed by atoms with Crippen molar-refractivity contribution in [3.8, 4) is 17.2 Å². The van der Waals surface area contributed by atoms with Gasteiger partial charge in [-0.1, -0.05) is 13.8 Å². The van der Waals surface area contributed by atoms with Gasteiger partial charge in [-0.25, -0.2) is 8.42 Å². The van der Waals surface area contributed by atoms with Gasteiger partial charge in [0.15, 0.2) is 11.5 Å². The molecule has 0 aliphatic heterocycles. The van der Waals surface area contributed by atoms with E-state index in [-0.39, 0.29) is 46.6 Å². The lowest BCUT2D eigenvalue weighted by molar-refractivity contribution is -0.385. The lowest BCUT2D eigenvalue weighted by atomic mass is 10.2. The Bertz CT molecular complexity index is 1060. The fourth-order valence-corrected chi connectivity index (χ4v) is 4.42. The summed E-state index contributed by atoms with van der Waals surface area (Å²) in [6.07, 6.45) is 1.36. The highest BCUT2D eigenvalue weighted by molar-refractivity contribution is 7.89. The largest absolute Gasteiger partial charge is 0.502 e. The molecule has 0 spiro atoms. The number of sulfonamides is 1. The Morgan fingerprint density at radius 3 is 2.23 bits per heavy atom. The second-order valence-electron chi connectivity index (χ2n) is 6.17. The maximum absolute atomic E-state index is 13.0. The van der Waals surface area contributed by atoms with Crippen LogP contribution in [-0.4, -0.2) is 56.3 Å². The number of nitrogens with one attached hydrogen (secondary N) is 1. The number of hydrogen-bond donors (Lipinski definition) is 2. The number of aromatic hydroxyl groups is 1. The number of rotatable bonds is 10. The normalized spacial score (nSPS) is 11.6. The standard InChI is InChI=1S/C19H24N4O7S/c1-5-22(6-2)31(27,28)18-11-14(23(25)26)7-8-15(18)21-20-12-13-9-16(29-3)19(24)17(10-13)30-4/h7-12,21,24H,5-6H2,1-4H3. The molecule has 0 radical (unpaired) electrons. The Morgan fingerprint density at radius 1 is 1.16 bits per heavy atom. The third-order valence-corrected chi connectivity index (χ3v) is 6.49. The highest BCUT2D eigenvalue weighted by Gasteiger charge is 2.27. The first-order valence-corrected chi connectivity index (χ1v) is 10.7. The van der Waals surface area contributed by atoms with Gasteiger partial charge in [0.2, 0.25) is 15.8 Å². The van der Waals surface area contributed by atoms with Crippen molar-refractivity contribution in [3.05, 3.63) is 46.0 Å². The number of hydrazone groups is 1. The number of anilines is 1. The van der Waals surface area contributed by atoms with E-state index >= 15 is 0 Å². The van der Waals surface area contributed by atoms with Gasteiger partial charge in [0, 0.05) is 30.8 Å². The minimum atomic E-state index is -3.99. The Hall–Kier alpha value is -3.38. The van der Waals surface area contributed by atoms with Crippen molar-refractivity contribution < 1.29 is 27.9 Å². The maximum Gasteiger partial charge on any atom is 0.270 e. The van der Waals surface area contributed by atoms with Gasteiger partial charge in [-0.05, 0) is 18.2 Å². The first kappa shape index (κ1) is 23.9. The summed E-state index contributed by atoms with van der Waals surface area (Å²) < 4.78 is 37.3. The molecule has 0 amide bonds. The minimum absolute atomic E-state index is 0.0754. The molecule has 11 nitrogen and oxygen atoms in total. The second kappa shape index (κ2) is 10.1. The summed E-state index contributed by atoms with van der Waals surface area (Å²) in [6, 6.07) is 6.48. The first-order valence-electron chi connectivity index (χ1n) is 9.22. The average Bonchev–Trinajstić information content (AvgIpc) is 2.75. The summed E-state index contributed by atoms with van der Waals surface area (Å²) in [5, 5.41) is 25.2. The van der Waals surface area contributed by atoms with E-state index < -0.39 is 14.9 Å². The molecule has 0 heterocycles. The number of ether oxygens (including phenoxy) is 2. The number of nitro benzene ring substituents is 1. The summed E-state index contributed by atoms with van der Waals surface area (Å²) >= 11 is 0. The van der Waals surface area contributed by atoms with E-state index in [0.717, 1.165) is 6.07 Å². The van der Waals surface area contributed by atoms with Gasteiger partial charge in [-0.2, -0.15) is 9.41 Å². The van der Waals surface area contributed by atoms with E-state index in [4.69, 9.17) is 9.47 Å². The van der Waals surface area contributed by atoms with Crippen LogP contribution >= 0.6 is 0 Å². The van der Waals surface area contributed by atoms with Crippen molar-refractivity contribution >= 4 is 27.6 Å². The van der Waals surface area contributed by atoms with Crippen molar-refractivity contribution in [2.24, 2.45) is 5.10 Å². The molecule has 0 aromatic heterocycles. The van der Waals surface area contributed by atoms with E-state index in [1.807, 2.05) is 0 Å². The molecule has 0 saturated carbocycles. The minimum Gasteiger partial charge on any atom is -0.502 e. The zero-order valence-electron chi connectivity index (χ0n) is 17.5. The highest BCUT2D eigenvalue weighted by Crippen LogP contribution is 2.36. The molecular formula is C19H24N4O7S. The Balaban J connectivity index is 2.45. The fourth-order valence-electron chi connectivity index (χ4n) is 2.80. The van der Waals surface area contributed by atoms with Crippen molar-refractivity contribution in [3.63, 3.8) is 0 Å². The molecule has 0 aliphatic rings. The number of hydrogen-bond acceptors (Lipinski definition) is 9. The number of nitrogens with zero attached hydrogens (tertiary/aromatic N) is 3. The van der Waals surface area contributed by atoms with E-state index in [9.17, 15) is 23.6 Å². The molecule has 0 saturated heterocycles. The quantitative estimate of drug-likeness (QED) is 0.318. The van der Waals surface area contributed by atoms with Gasteiger partial charge >= 0.3 is 0 Å². The van der Waals surface area contributed by atoms with Crippen LogP contribution in [0.3, 0.4) is 0 Å². The molecule has 31 heavy (non-hydrogen) atoms. The molecule has 2 N–H and O–H groups in total. The second-order valence-corrected chi connectivity index (χ2v) is 8.08. The molecular weight excluding hydrogens is 428 g/mol. The third-order valence-electron chi connectivity index (χ3n) is 4.40. The van der Waals surface area contributed by atoms with Crippen LogP contribution < -0.4 is 14.9 Å². The van der Waals surface area contributed by atoms with Gasteiger partial charge < -0.3 is 14.6 Å². The third kappa shape index (κ3) is 5.22. The Morgan fingerprint density at radius 2 is 1.74 bits per heavy atom. The van der Waals surface area contributed by atoms with E-state index in [1.54, 1.807) is 13.8 Å². The van der Waals surface area contributed by atoms with Gasteiger partial charge in [0.05, 0.1) is 31.0 Å². The van der Waals surface area contributed by atoms with Crippen molar-refractivity contribution in [2.45, 2.75) is 18.7 Å². The van der Waals surface area contributed by atoms with Crippen LogP contribution in [0.1, 0.15) is 19.4 Å². The number of phenolic OH excluding ortho intramolecular Hbond substituents is 1. The lowest BCUT2D eigenvalue weighted by Gasteiger charge is -2.20. The SMILES string of the molecule is CCN(CC)S(=O)(=O)c1cc([N+](=O)[O-])ccc1NN=Cc1cc(OC)c(O)c(OC)c1. The van der Waals surface area contributed by atoms with Gasteiger partial charge in [0.25, 0.3) is 5.69 Å². The van der Waals surface area contributed by atoms with Crippen molar-refractivity contribution in [2.75, 3.05) is 32.7 Å². The zero-order chi connectivity index (χ0) is 23.2. The molecule has 0 fully saturated rings. The predicted molar refractivity (Wildman–Crippen MR) is 116 cm³/mol. The van der Waals surface area contributed by atoms with E-state index in [1.165, 1.54) is 49.0 Å². The van der Waals surface area contributed by atoms with Gasteiger partial charge in [-0.15, -0.1) is 0 Å². The van der Waals surface area contributed by atoms with Crippen molar-refractivity contribution in [1.82, 2.24) is 4.31 Å². The highest BCUT2D eigenvalue weighted by atomic mass is 32.2. The number of nitro groups is 1. The van der Waals surface area contributed by atoms with Crippen LogP contribution in [0.2, 0.25) is 0 Å². The molecule has 0 bridgehead atoms. The van der Waals surface area contributed by atoms with Crippen LogP contribution in [0.5, 0.6) is 17.2 Å². The predicted octanol–water partition coefficient (Wildman–Crippen LogP) is 2.79. The van der Waals surface area contributed by atoms with Crippen molar-refractivity contribution in [1.29, 1.82) is 0 Å². The molecule has 168 valence electrons. The van der Waals surface area contributed by atoms with Crippen LogP contribution in [0.15, 0.2) is 40.3 Å². The maximum atomic E-state index is 13.0. The van der Waals surface area contributed by atoms with Gasteiger partial charge in [0.1, 0.15) is 4.90 Å². The first-order chi connectivity index (χ1) is 14.7. The molecule has 2 aromatic carbocycles. The van der Waals surface area contributed by atoms with Crippen LogP contribution in [0.25, 0.3) is 0 Å². The smallest absolute Gasteiger partial charge is 0.270 e. The molecule has 2 rings (SSSR count). The number of benzene rings is 2. The topological polar surface area (TPSA) is 144 Å².